The van der Waals surface area contributed by atoms with Gasteiger partial charge in [-0.05, 0) is 89.8 Å². The van der Waals surface area contributed by atoms with E-state index < -0.39 is 10.0 Å². The number of esters is 2. The maximum absolute atomic E-state index is 12.8. The number of aromatic nitrogens is 1. The second kappa shape index (κ2) is 39.8. The van der Waals surface area contributed by atoms with Gasteiger partial charge in [0.1, 0.15) is 18.1 Å². The van der Waals surface area contributed by atoms with E-state index in [0.29, 0.717) is 37.6 Å². The van der Waals surface area contributed by atoms with Gasteiger partial charge >= 0.3 is 11.9 Å². The lowest BCUT2D eigenvalue weighted by Crippen LogP contribution is -2.32. The molecule has 0 aromatic carbocycles. The number of hydrogen-bond acceptors (Lipinski definition) is 9. The van der Waals surface area contributed by atoms with Crippen LogP contribution in [0, 0.1) is 5.92 Å². The van der Waals surface area contributed by atoms with E-state index in [2.05, 4.69) is 42.5 Å². The van der Waals surface area contributed by atoms with Crippen molar-refractivity contribution in [2.75, 3.05) is 32.8 Å². The van der Waals surface area contributed by atoms with Crippen molar-refractivity contribution in [1.29, 1.82) is 0 Å². The second-order valence-electron chi connectivity index (χ2n) is 17.6. The average Bonchev–Trinajstić information content (AvgIpc) is 3.74. The van der Waals surface area contributed by atoms with Crippen LogP contribution < -0.4 is 4.72 Å². The van der Waals surface area contributed by atoms with E-state index in [1.807, 2.05) is 0 Å². The fraction of sp³-hybridized carbons (Fsp3) is 0.898. The largest absolute Gasteiger partial charge is 0.466 e. The van der Waals surface area contributed by atoms with Crippen LogP contribution in [0.1, 0.15) is 239 Å². The topological polar surface area (TPSA) is 128 Å². The standard InChI is InChI=1S/C49H93N3O7S/c1-5-9-13-17-23-32-47(33-24-18-14-10-6-2)59-49(54)35-26-20-16-22-28-40-52(41-29-38-50-60(55,56)44-46-37-43-58-51-46)39-27-21-15-19-25-34-48(53)57-42-36-45(30-11-7-3)31-12-8-4/h37,43,45,47,50H,5-36,38-42,44H2,1-4H3. The zero-order chi connectivity index (χ0) is 43.8. The van der Waals surface area contributed by atoms with Crippen LogP contribution in [0.15, 0.2) is 16.9 Å². The molecule has 0 aliphatic heterocycles. The molecule has 1 rings (SSSR count). The summed E-state index contributed by atoms with van der Waals surface area (Å²) in [6, 6.07) is 1.57. The minimum Gasteiger partial charge on any atom is -0.466 e. The number of unbranched alkanes of at least 4 members (excludes halogenated alkanes) is 18. The molecule has 0 bridgehead atoms. The molecule has 0 aliphatic carbocycles. The zero-order valence-electron chi connectivity index (χ0n) is 39.3. The lowest BCUT2D eigenvalue weighted by molar-refractivity contribution is -0.150. The lowest BCUT2D eigenvalue weighted by Gasteiger charge is -2.22. The zero-order valence-corrected chi connectivity index (χ0v) is 40.2. The maximum Gasteiger partial charge on any atom is 0.306 e. The van der Waals surface area contributed by atoms with Crippen LogP contribution in [0.25, 0.3) is 0 Å². The van der Waals surface area contributed by atoms with E-state index >= 15 is 0 Å². The van der Waals surface area contributed by atoms with Crippen molar-refractivity contribution in [1.82, 2.24) is 14.8 Å². The Hall–Kier alpha value is -1.98. The molecular formula is C49H93N3O7S. The predicted molar refractivity (Wildman–Crippen MR) is 248 cm³/mol. The number of nitrogens with zero attached hydrogens (tertiary/aromatic N) is 2. The third kappa shape index (κ3) is 34.6. The Morgan fingerprint density at radius 1 is 0.617 bits per heavy atom. The molecule has 1 aromatic heterocycles. The van der Waals surface area contributed by atoms with Gasteiger partial charge < -0.3 is 18.9 Å². The summed E-state index contributed by atoms with van der Waals surface area (Å²) in [6.45, 7) is 12.7. The van der Waals surface area contributed by atoms with Crippen LogP contribution in [-0.2, 0) is 34.8 Å². The number of sulfonamides is 1. The fourth-order valence-electron chi connectivity index (χ4n) is 7.98. The van der Waals surface area contributed by atoms with Crippen molar-refractivity contribution in [3.05, 3.63) is 18.0 Å². The Morgan fingerprint density at radius 3 is 1.67 bits per heavy atom. The van der Waals surface area contributed by atoms with Crippen LogP contribution in [0.5, 0.6) is 0 Å². The van der Waals surface area contributed by atoms with Gasteiger partial charge in [0.25, 0.3) is 0 Å². The molecule has 60 heavy (non-hydrogen) atoms. The lowest BCUT2D eigenvalue weighted by atomic mass is 9.93. The molecule has 0 saturated carbocycles. The summed E-state index contributed by atoms with van der Waals surface area (Å²) in [5.74, 6) is 0.425. The van der Waals surface area contributed by atoms with Crippen molar-refractivity contribution in [3.63, 3.8) is 0 Å². The van der Waals surface area contributed by atoms with Gasteiger partial charge in [-0.2, -0.15) is 0 Å². The van der Waals surface area contributed by atoms with Crippen molar-refractivity contribution in [2.45, 2.75) is 245 Å². The molecule has 0 amide bonds. The molecule has 0 spiro atoms. The van der Waals surface area contributed by atoms with Crippen molar-refractivity contribution >= 4 is 22.0 Å². The van der Waals surface area contributed by atoms with E-state index in [1.54, 1.807) is 6.07 Å². The minimum atomic E-state index is -3.47. The molecule has 10 nitrogen and oxygen atoms in total. The first kappa shape index (κ1) is 56.0. The maximum atomic E-state index is 12.8. The van der Waals surface area contributed by atoms with Crippen LogP contribution in [-0.4, -0.2) is 69.3 Å². The van der Waals surface area contributed by atoms with Gasteiger partial charge in [0.15, 0.2) is 0 Å². The predicted octanol–water partition coefficient (Wildman–Crippen LogP) is 13.0. The summed E-state index contributed by atoms with van der Waals surface area (Å²) >= 11 is 0. The van der Waals surface area contributed by atoms with Gasteiger partial charge in [-0.25, -0.2) is 13.1 Å². The second-order valence-corrected chi connectivity index (χ2v) is 19.4. The highest BCUT2D eigenvalue weighted by atomic mass is 32.2. The molecule has 0 aliphatic rings. The van der Waals surface area contributed by atoms with Crippen LogP contribution in [0.4, 0.5) is 0 Å². The third-order valence-electron chi connectivity index (χ3n) is 11.8. The quantitative estimate of drug-likeness (QED) is 0.0503. The SMILES string of the molecule is CCCCCCCC(CCCCCCC)OC(=O)CCCCCCCN(CCCCCCCC(=O)OCCC(CCCC)CCCC)CCCNS(=O)(=O)Cc1ccon1. The highest BCUT2D eigenvalue weighted by Gasteiger charge is 2.16. The number of ether oxygens (including phenoxy) is 2. The van der Waals surface area contributed by atoms with E-state index in [1.165, 1.54) is 96.2 Å². The number of rotatable bonds is 45. The van der Waals surface area contributed by atoms with E-state index in [0.717, 1.165) is 122 Å². The Bertz CT molecular complexity index is 1190. The van der Waals surface area contributed by atoms with Crippen LogP contribution in [0.2, 0.25) is 0 Å². The van der Waals surface area contributed by atoms with Gasteiger partial charge in [-0.15, -0.1) is 0 Å². The molecule has 0 atom stereocenters. The van der Waals surface area contributed by atoms with Gasteiger partial charge in [0.05, 0.1) is 12.3 Å². The third-order valence-corrected chi connectivity index (χ3v) is 13.1. The molecule has 0 saturated heterocycles. The average molecular weight is 868 g/mol. The Kier molecular flexibility index (Phi) is 37.2. The molecule has 1 N–H and O–H groups in total. The summed E-state index contributed by atoms with van der Waals surface area (Å²) in [5, 5.41) is 3.73. The Morgan fingerprint density at radius 2 is 1.12 bits per heavy atom. The molecule has 1 heterocycles. The smallest absolute Gasteiger partial charge is 0.306 e. The molecule has 0 unspecified atom stereocenters. The molecule has 0 radical (unpaired) electrons. The van der Waals surface area contributed by atoms with Crippen molar-refractivity contribution in [3.8, 4) is 0 Å². The van der Waals surface area contributed by atoms with Crippen molar-refractivity contribution < 1.29 is 32.0 Å². The number of hydrogen-bond donors (Lipinski definition) is 1. The van der Waals surface area contributed by atoms with Crippen LogP contribution >= 0.6 is 0 Å². The molecule has 1 aromatic rings. The minimum absolute atomic E-state index is 0.0195. The molecule has 352 valence electrons. The van der Waals surface area contributed by atoms with Gasteiger partial charge in [0.2, 0.25) is 10.0 Å². The van der Waals surface area contributed by atoms with Crippen LogP contribution in [0.3, 0.4) is 0 Å². The summed E-state index contributed by atoms with van der Waals surface area (Å²) < 4.78 is 44.1. The Balaban J connectivity index is 2.41. The van der Waals surface area contributed by atoms with E-state index in [9.17, 15) is 18.0 Å². The molecule has 0 fully saturated rings. The fourth-order valence-corrected chi connectivity index (χ4v) is 9.08. The molecular weight excluding hydrogens is 775 g/mol. The normalized spacial score (nSPS) is 12.0. The van der Waals surface area contributed by atoms with E-state index in [4.69, 9.17) is 14.0 Å². The number of nitrogens with one attached hydrogen (secondary N) is 1. The van der Waals surface area contributed by atoms with Gasteiger partial charge in [0, 0.05) is 25.5 Å². The first-order valence-electron chi connectivity index (χ1n) is 25.2. The highest BCUT2D eigenvalue weighted by Crippen LogP contribution is 2.21. The monoisotopic (exact) mass is 868 g/mol. The number of carbonyl (C=O) groups is 2. The summed E-state index contributed by atoms with van der Waals surface area (Å²) in [6.07, 6.45) is 36.5. The van der Waals surface area contributed by atoms with Crippen molar-refractivity contribution in [2.24, 2.45) is 5.92 Å². The molecule has 11 heteroatoms. The summed E-state index contributed by atoms with van der Waals surface area (Å²) in [5.41, 5.74) is 0.400. The first-order chi connectivity index (χ1) is 29.2. The number of carbonyl (C=O) groups excluding carboxylic acids is 2. The Labute approximate surface area is 369 Å². The van der Waals surface area contributed by atoms with Gasteiger partial charge in [-0.1, -0.05) is 161 Å². The van der Waals surface area contributed by atoms with E-state index in [-0.39, 0.29) is 23.8 Å². The summed E-state index contributed by atoms with van der Waals surface area (Å²) in [7, 11) is -3.47. The highest BCUT2D eigenvalue weighted by molar-refractivity contribution is 7.88. The van der Waals surface area contributed by atoms with Gasteiger partial charge in [-0.3, -0.25) is 9.59 Å². The first-order valence-corrected chi connectivity index (χ1v) is 26.8. The summed E-state index contributed by atoms with van der Waals surface area (Å²) in [4.78, 5) is 27.6.